The van der Waals surface area contributed by atoms with Crippen LogP contribution in [0, 0.1) is 5.82 Å². The Balaban J connectivity index is 2.45. The number of amides is 1. The van der Waals surface area contributed by atoms with Crippen LogP contribution in [0.5, 0.6) is 0 Å². The number of nitrogens with zero attached hydrogens (tertiary/aromatic N) is 2. The number of aliphatic hydroxyl groups is 1. The largest absolute Gasteiger partial charge is 0.438 e. The van der Waals surface area contributed by atoms with Gasteiger partial charge in [0.25, 0.3) is 11.6 Å². The van der Waals surface area contributed by atoms with Crippen molar-refractivity contribution in [3.63, 3.8) is 0 Å². The lowest BCUT2D eigenvalue weighted by Crippen LogP contribution is -2.56. The smallest absolute Gasteiger partial charge is 0.362 e. The highest BCUT2D eigenvalue weighted by Gasteiger charge is 2.62. The van der Waals surface area contributed by atoms with E-state index in [2.05, 4.69) is 5.10 Å². The first kappa shape index (κ1) is 14.4. The molecule has 0 spiro atoms. The Morgan fingerprint density at radius 3 is 2.55 bits per heavy atom. The zero-order valence-corrected chi connectivity index (χ0v) is 10.3. The number of hydrazone groups is 1. The summed E-state index contributed by atoms with van der Waals surface area (Å²) in [6.45, 7) is 1.24. The van der Waals surface area contributed by atoms with E-state index in [1.165, 1.54) is 19.1 Å². The van der Waals surface area contributed by atoms with Gasteiger partial charge in [0, 0.05) is 12.1 Å². The number of rotatable bonds is 1. The number of carbonyl (C=O) groups is 1. The molecule has 0 saturated carbocycles. The molecule has 4 nitrogen and oxygen atoms in total. The van der Waals surface area contributed by atoms with Crippen molar-refractivity contribution in [3.8, 4) is 0 Å². The molecule has 1 aromatic rings. The van der Waals surface area contributed by atoms with Gasteiger partial charge in [-0.05, 0) is 19.1 Å². The first-order chi connectivity index (χ1) is 9.17. The molecule has 1 aliphatic heterocycles. The maximum absolute atomic E-state index is 13.5. The third-order valence-corrected chi connectivity index (χ3v) is 2.87. The van der Waals surface area contributed by atoms with Crippen LogP contribution in [-0.2, 0) is 0 Å². The van der Waals surface area contributed by atoms with Crippen LogP contribution < -0.4 is 0 Å². The Labute approximate surface area is 111 Å². The highest BCUT2D eigenvalue weighted by molar-refractivity contribution is 5.98. The van der Waals surface area contributed by atoms with E-state index in [0.29, 0.717) is 0 Å². The maximum atomic E-state index is 13.5. The molecule has 108 valence electrons. The van der Waals surface area contributed by atoms with Gasteiger partial charge in [0.15, 0.2) is 0 Å². The molecule has 0 bridgehead atoms. The molecule has 1 N–H and O–H groups in total. The number of hydrogen-bond acceptors (Lipinski definition) is 3. The normalized spacial score (nSPS) is 22.9. The molecule has 1 aromatic carbocycles. The lowest BCUT2D eigenvalue weighted by Gasteiger charge is -2.32. The highest BCUT2D eigenvalue weighted by Crippen LogP contribution is 2.40. The number of alkyl halides is 3. The Hall–Kier alpha value is -1.96. The van der Waals surface area contributed by atoms with E-state index in [0.717, 1.165) is 12.1 Å². The van der Waals surface area contributed by atoms with Crippen molar-refractivity contribution in [2.24, 2.45) is 5.10 Å². The molecule has 1 unspecified atom stereocenters. The minimum Gasteiger partial charge on any atom is -0.362 e. The van der Waals surface area contributed by atoms with Crippen LogP contribution in [0.2, 0.25) is 0 Å². The zero-order valence-electron chi connectivity index (χ0n) is 10.3. The van der Waals surface area contributed by atoms with E-state index in [4.69, 9.17) is 0 Å². The monoisotopic (exact) mass is 290 g/mol. The summed E-state index contributed by atoms with van der Waals surface area (Å²) >= 11 is 0. The minimum atomic E-state index is -5.10. The van der Waals surface area contributed by atoms with Crippen LogP contribution in [0.3, 0.4) is 0 Å². The van der Waals surface area contributed by atoms with Crippen LogP contribution in [0.25, 0.3) is 0 Å². The van der Waals surface area contributed by atoms with Crippen molar-refractivity contribution >= 4 is 11.6 Å². The van der Waals surface area contributed by atoms with Gasteiger partial charge in [0.1, 0.15) is 5.82 Å². The average molecular weight is 290 g/mol. The Bertz CT molecular complexity index is 585. The van der Waals surface area contributed by atoms with Crippen molar-refractivity contribution in [1.82, 2.24) is 5.01 Å². The fourth-order valence-electron chi connectivity index (χ4n) is 1.90. The quantitative estimate of drug-likeness (QED) is 0.807. The fourth-order valence-corrected chi connectivity index (χ4v) is 1.90. The predicted octanol–water partition coefficient (Wildman–Crippen LogP) is 2.30. The first-order valence-electron chi connectivity index (χ1n) is 5.59. The predicted molar refractivity (Wildman–Crippen MR) is 61.3 cm³/mol. The summed E-state index contributed by atoms with van der Waals surface area (Å²) in [6, 6.07) is 4.56. The molecule has 0 radical (unpaired) electrons. The van der Waals surface area contributed by atoms with Gasteiger partial charge >= 0.3 is 6.18 Å². The van der Waals surface area contributed by atoms with E-state index < -0.39 is 35.6 Å². The molecule has 0 fully saturated rings. The van der Waals surface area contributed by atoms with Crippen molar-refractivity contribution in [1.29, 1.82) is 0 Å². The van der Waals surface area contributed by atoms with Crippen molar-refractivity contribution in [3.05, 3.63) is 35.6 Å². The van der Waals surface area contributed by atoms with E-state index in [1.807, 2.05) is 0 Å². The second-order valence-electron chi connectivity index (χ2n) is 4.42. The summed E-state index contributed by atoms with van der Waals surface area (Å²) < 4.78 is 52.3. The average Bonchev–Trinajstić information content (AvgIpc) is 2.65. The van der Waals surface area contributed by atoms with Gasteiger partial charge in [-0.3, -0.25) is 4.79 Å². The van der Waals surface area contributed by atoms with Crippen LogP contribution in [-0.4, -0.2) is 33.6 Å². The van der Waals surface area contributed by atoms with Crippen LogP contribution in [0.15, 0.2) is 29.4 Å². The van der Waals surface area contributed by atoms with Gasteiger partial charge < -0.3 is 5.11 Å². The molecule has 0 aliphatic carbocycles. The van der Waals surface area contributed by atoms with Crippen LogP contribution in [0.1, 0.15) is 23.7 Å². The fraction of sp³-hybridized carbons (Fsp3) is 0.333. The van der Waals surface area contributed by atoms with E-state index >= 15 is 0 Å². The topological polar surface area (TPSA) is 52.9 Å². The van der Waals surface area contributed by atoms with Crippen LogP contribution in [0.4, 0.5) is 17.6 Å². The molecule has 1 aliphatic rings. The van der Waals surface area contributed by atoms with Gasteiger partial charge in [-0.25, -0.2) is 4.39 Å². The summed E-state index contributed by atoms with van der Waals surface area (Å²) in [5.41, 5.74) is -4.11. The number of hydrogen-bond donors (Lipinski definition) is 1. The third kappa shape index (κ3) is 2.15. The summed E-state index contributed by atoms with van der Waals surface area (Å²) in [4.78, 5) is 12.0. The van der Waals surface area contributed by atoms with E-state index in [9.17, 15) is 27.5 Å². The van der Waals surface area contributed by atoms with Gasteiger partial charge in [0.2, 0.25) is 0 Å². The Morgan fingerprint density at radius 2 is 2.00 bits per heavy atom. The lowest BCUT2D eigenvalue weighted by molar-refractivity contribution is -0.297. The Kier molecular flexibility index (Phi) is 3.29. The molecule has 1 heterocycles. The van der Waals surface area contributed by atoms with Crippen molar-refractivity contribution in [2.75, 3.05) is 0 Å². The van der Waals surface area contributed by atoms with E-state index in [-0.39, 0.29) is 10.7 Å². The standard InChI is InChI=1S/C12H10F4N2O2/c1-7-6-11(20,12(14,15)16)18(17-7)10(19)8-4-2-3-5-9(8)13/h2-5,20H,6H2,1H3. The summed E-state index contributed by atoms with van der Waals surface area (Å²) in [5.74, 6) is -2.33. The summed E-state index contributed by atoms with van der Waals surface area (Å²) in [6.07, 6.45) is -5.97. The number of carbonyl (C=O) groups excluding carboxylic acids is 1. The van der Waals surface area contributed by atoms with Gasteiger partial charge in [-0.15, -0.1) is 0 Å². The molecular weight excluding hydrogens is 280 g/mol. The first-order valence-corrected chi connectivity index (χ1v) is 5.59. The van der Waals surface area contributed by atoms with Gasteiger partial charge in [0.05, 0.1) is 5.56 Å². The molecular formula is C12H10F4N2O2. The number of benzene rings is 1. The van der Waals surface area contributed by atoms with Gasteiger partial charge in [-0.1, -0.05) is 12.1 Å². The zero-order chi connectivity index (χ0) is 15.1. The summed E-state index contributed by atoms with van der Waals surface area (Å²) in [5, 5.41) is 13.0. The number of halogens is 4. The van der Waals surface area contributed by atoms with Crippen LogP contribution >= 0.6 is 0 Å². The molecule has 0 aromatic heterocycles. The molecule has 2 rings (SSSR count). The molecule has 1 amide bonds. The highest BCUT2D eigenvalue weighted by atomic mass is 19.4. The Morgan fingerprint density at radius 1 is 1.40 bits per heavy atom. The lowest BCUT2D eigenvalue weighted by atomic mass is 10.1. The molecule has 0 saturated heterocycles. The van der Waals surface area contributed by atoms with E-state index in [1.54, 1.807) is 0 Å². The molecule has 20 heavy (non-hydrogen) atoms. The molecule has 8 heteroatoms. The second-order valence-corrected chi connectivity index (χ2v) is 4.42. The SMILES string of the molecule is CC1=NN(C(=O)c2ccccc2F)C(O)(C(F)(F)F)C1. The maximum Gasteiger partial charge on any atom is 0.438 e. The summed E-state index contributed by atoms with van der Waals surface area (Å²) in [7, 11) is 0. The van der Waals surface area contributed by atoms with Crippen molar-refractivity contribution < 1.29 is 27.5 Å². The van der Waals surface area contributed by atoms with Crippen molar-refractivity contribution in [2.45, 2.75) is 25.2 Å². The second kappa shape index (κ2) is 4.55. The van der Waals surface area contributed by atoms with Gasteiger partial charge in [-0.2, -0.15) is 23.3 Å². The minimum absolute atomic E-state index is 0.0745. The third-order valence-electron chi connectivity index (χ3n) is 2.87. The molecule has 1 atom stereocenters.